The average Bonchev–Trinajstić information content (AvgIpc) is 2.54. The first-order valence-electron chi connectivity index (χ1n) is 7.41. The number of benzene rings is 2. The summed E-state index contributed by atoms with van der Waals surface area (Å²) >= 11 is 0. The largest absolute Gasteiger partial charge is 0.486 e. The summed E-state index contributed by atoms with van der Waals surface area (Å²) in [4.78, 5) is 22.1. The summed E-state index contributed by atoms with van der Waals surface area (Å²) in [5.41, 5.74) is 1.37. The predicted molar refractivity (Wildman–Crippen MR) is 86.1 cm³/mol. The zero-order valence-electron chi connectivity index (χ0n) is 13.2. The summed E-state index contributed by atoms with van der Waals surface area (Å²) in [6.45, 7) is 1.47. The molecule has 5 nitrogen and oxygen atoms in total. The zero-order chi connectivity index (χ0) is 17.5. The maximum Gasteiger partial charge on any atom is 0.326 e. The van der Waals surface area contributed by atoms with Crippen LogP contribution in [0, 0.1) is 5.82 Å². The molecule has 0 spiro atoms. The number of hydrogen-bond donors (Lipinski definition) is 2. The van der Waals surface area contributed by atoms with Crippen LogP contribution in [0.4, 0.5) is 4.39 Å². The lowest BCUT2D eigenvalue weighted by atomic mass is 10.1. The lowest BCUT2D eigenvalue weighted by Crippen LogP contribution is -2.41. The smallest absolute Gasteiger partial charge is 0.326 e. The fourth-order valence-electron chi connectivity index (χ4n) is 2.20. The summed E-state index contributed by atoms with van der Waals surface area (Å²) in [6, 6.07) is 12.5. The number of nitrogens with one attached hydrogen (secondary N) is 1. The van der Waals surface area contributed by atoms with E-state index in [2.05, 4.69) is 5.32 Å². The third kappa shape index (κ3) is 5.08. The summed E-state index contributed by atoms with van der Waals surface area (Å²) in [7, 11) is 0. The molecule has 0 saturated heterocycles. The molecule has 6 heteroatoms. The van der Waals surface area contributed by atoms with Crippen LogP contribution in [-0.2, 0) is 22.6 Å². The average molecular weight is 331 g/mol. The molecule has 0 bridgehead atoms. The first-order valence-corrected chi connectivity index (χ1v) is 7.41. The molecule has 126 valence electrons. The number of carbonyl (C=O) groups is 2. The zero-order valence-corrected chi connectivity index (χ0v) is 13.2. The van der Waals surface area contributed by atoms with E-state index in [1.54, 1.807) is 6.07 Å². The van der Waals surface area contributed by atoms with E-state index in [9.17, 15) is 14.0 Å². The van der Waals surface area contributed by atoms with Gasteiger partial charge in [0.1, 0.15) is 12.6 Å². The molecule has 0 aliphatic rings. The molecule has 0 saturated carbocycles. The maximum absolute atomic E-state index is 14.1. The quantitative estimate of drug-likeness (QED) is 0.817. The highest BCUT2D eigenvalue weighted by molar-refractivity contribution is 5.82. The molecule has 2 rings (SSSR count). The van der Waals surface area contributed by atoms with Crippen molar-refractivity contribution >= 4 is 11.9 Å². The van der Waals surface area contributed by atoms with Crippen molar-refractivity contribution in [3.8, 4) is 5.75 Å². The van der Waals surface area contributed by atoms with Crippen LogP contribution in [0.3, 0.4) is 0 Å². The number of ether oxygens (including phenoxy) is 1. The Morgan fingerprint density at radius 3 is 2.46 bits per heavy atom. The van der Waals surface area contributed by atoms with Crippen LogP contribution >= 0.6 is 0 Å². The first-order chi connectivity index (χ1) is 11.5. The molecule has 0 aromatic heterocycles. The summed E-state index contributed by atoms with van der Waals surface area (Å²) in [5.74, 6) is -2.11. The van der Waals surface area contributed by atoms with Gasteiger partial charge in [-0.1, -0.05) is 36.4 Å². The topological polar surface area (TPSA) is 75.6 Å². The Morgan fingerprint density at radius 2 is 1.88 bits per heavy atom. The first kappa shape index (κ1) is 17.5. The molecule has 0 aliphatic carbocycles. The van der Waals surface area contributed by atoms with Gasteiger partial charge in [0, 0.05) is 13.3 Å². The number of carboxylic acids is 1. The van der Waals surface area contributed by atoms with E-state index in [0.29, 0.717) is 5.56 Å². The number of carbonyl (C=O) groups excluding carboxylic acids is 1. The predicted octanol–water partition coefficient (Wildman–Crippen LogP) is 2.54. The van der Waals surface area contributed by atoms with Crippen molar-refractivity contribution in [2.75, 3.05) is 0 Å². The van der Waals surface area contributed by atoms with Crippen LogP contribution in [0.1, 0.15) is 18.1 Å². The van der Waals surface area contributed by atoms with Crippen molar-refractivity contribution < 1.29 is 23.8 Å². The third-order valence-electron chi connectivity index (χ3n) is 3.35. The van der Waals surface area contributed by atoms with Gasteiger partial charge >= 0.3 is 5.97 Å². The van der Waals surface area contributed by atoms with Gasteiger partial charge in [-0.3, -0.25) is 4.79 Å². The number of amides is 1. The van der Waals surface area contributed by atoms with Gasteiger partial charge in [0.15, 0.2) is 11.6 Å². The van der Waals surface area contributed by atoms with E-state index in [1.165, 1.54) is 19.1 Å². The molecule has 2 aromatic rings. The van der Waals surface area contributed by atoms with Gasteiger partial charge in [-0.25, -0.2) is 9.18 Å². The van der Waals surface area contributed by atoms with Gasteiger partial charge in [0.05, 0.1) is 0 Å². The Balaban J connectivity index is 2.03. The van der Waals surface area contributed by atoms with E-state index in [0.717, 1.165) is 5.56 Å². The maximum atomic E-state index is 14.1. The molecular formula is C18H18FNO4. The summed E-state index contributed by atoms with van der Waals surface area (Å²) in [6.07, 6.45) is -0.00913. The van der Waals surface area contributed by atoms with Crippen molar-refractivity contribution in [3.63, 3.8) is 0 Å². The Kier molecular flexibility index (Phi) is 5.89. The van der Waals surface area contributed by atoms with Crippen LogP contribution in [-0.4, -0.2) is 23.0 Å². The van der Waals surface area contributed by atoms with Crippen LogP contribution in [0.15, 0.2) is 48.5 Å². The van der Waals surface area contributed by atoms with Crippen LogP contribution in [0.5, 0.6) is 5.75 Å². The Bertz CT molecular complexity index is 718. The van der Waals surface area contributed by atoms with Gasteiger partial charge in [-0.2, -0.15) is 0 Å². The molecule has 2 N–H and O–H groups in total. The second-order valence-corrected chi connectivity index (χ2v) is 5.33. The van der Waals surface area contributed by atoms with Crippen molar-refractivity contribution in [3.05, 3.63) is 65.5 Å². The van der Waals surface area contributed by atoms with Gasteiger partial charge in [-0.05, 0) is 23.3 Å². The minimum absolute atomic E-state index is 0.00913. The molecule has 0 fully saturated rings. The fourth-order valence-corrected chi connectivity index (χ4v) is 2.20. The monoisotopic (exact) mass is 331 g/mol. The molecule has 0 radical (unpaired) electrons. The highest BCUT2D eigenvalue weighted by atomic mass is 19.1. The van der Waals surface area contributed by atoms with E-state index in [4.69, 9.17) is 9.84 Å². The van der Waals surface area contributed by atoms with Gasteiger partial charge < -0.3 is 15.2 Å². The second kappa shape index (κ2) is 8.10. The van der Waals surface area contributed by atoms with Crippen molar-refractivity contribution in [2.24, 2.45) is 0 Å². The normalized spacial score (nSPS) is 11.6. The molecule has 0 aliphatic heterocycles. The van der Waals surface area contributed by atoms with E-state index < -0.39 is 23.7 Å². The summed E-state index contributed by atoms with van der Waals surface area (Å²) in [5, 5.41) is 11.4. The molecule has 1 unspecified atom stereocenters. The van der Waals surface area contributed by atoms with E-state index >= 15 is 0 Å². The number of carboxylic acid groups (broad SMARTS) is 1. The SMILES string of the molecule is CC(=O)NC(Cc1ccc(OCc2ccccc2)c(F)c1)C(=O)O. The Morgan fingerprint density at radius 1 is 1.17 bits per heavy atom. The minimum atomic E-state index is -1.17. The lowest BCUT2D eigenvalue weighted by Gasteiger charge is -2.14. The van der Waals surface area contributed by atoms with Crippen LogP contribution < -0.4 is 10.1 Å². The van der Waals surface area contributed by atoms with Gasteiger partial charge in [-0.15, -0.1) is 0 Å². The van der Waals surface area contributed by atoms with Crippen molar-refractivity contribution in [2.45, 2.75) is 26.0 Å². The molecule has 24 heavy (non-hydrogen) atoms. The van der Waals surface area contributed by atoms with Crippen molar-refractivity contribution in [1.82, 2.24) is 5.32 Å². The molecule has 1 atom stereocenters. The van der Waals surface area contributed by atoms with E-state index in [-0.39, 0.29) is 18.8 Å². The highest BCUT2D eigenvalue weighted by Crippen LogP contribution is 2.20. The molecular weight excluding hydrogens is 313 g/mol. The Labute approximate surface area is 139 Å². The number of aliphatic carboxylic acids is 1. The second-order valence-electron chi connectivity index (χ2n) is 5.33. The van der Waals surface area contributed by atoms with Crippen LogP contribution in [0.25, 0.3) is 0 Å². The Hall–Kier alpha value is -2.89. The van der Waals surface area contributed by atoms with Gasteiger partial charge in [0.2, 0.25) is 5.91 Å². The molecule has 1 amide bonds. The highest BCUT2D eigenvalue weighted by Gasteiger charge is 2.19. The third-order valence-corrected chi connectivity index (χ3v) is 3.35. The lowest BCUT2D eigenvalue weighted by molar-refractivity contribution is -0.141. The fraction of sp³-hybridized carbons (Fsp3) is 0.222. The van der Waals surface area contributed by atoms with Crippen LogP contribution in [0.2, 0.25) is 0 Å². The van der Waals surface area contributed by atoms with E-state index in [1.807, 2.05) is 30.3 Å². The molecule has 0 heterocycles. The number of hydrogen-bond acceptors (Lipinski definition) is 3. The standard InChI is InChI=1S/C18H18FNO4/c1-12(21)20-16(18(22)23)10-14-7-8-17(15(19)9-14)24-11-13-5-3-2-4-6-13/h2-9,16H,10-11H2,1H3,(H,20,21)(H,22,23). The molecule has 2 aromatic carbocycles. The number of halogens is 1. The van der Waals surface area contributed by atoms with Gasteiger partial charge in [0.25, 0.3) is 0 Å². The summed E-state index contributed by atoms with van der Waals surface area (Å²) < 4.78 is 19.5. The number of rotatable bonds is 7. The minimum Gasteiger partial charge on any atom is -0.486 e. The van der Waals surface area contributed by atoms with Crippen molar-refractivity contribution in [1.29, 1.82) is 0 Å².